The number of halogens is 1. The second kappa shape index (κ2) is 7.80. The number of nitrogens with one attached hydrogen (secondary N) is 1. The van der Waals surface area contributed by atoms with Crippen LogP contribution in [0.25, 0.3) is 22.2 Å². The zero-order valence-corrected chi connectivity index (χ0v) is 16.1. The third-order valence-corrected chi connectivity index (χ3v) is 4.42. The minimum atomic E-state index is -0.681. The van der Waals surface area contributed by atoms with Gasteiger partial charge in [0.2, 0.25) is 0 Å². The molecular weight excluding hydrogens is 366 g/mol. The van der Waals surface area contributed by atoms with E-state index in [0.717, 1.165) is 11.1 Å². The molecule has 3 aromatic rings. The Hall–Kier alpha value is -2.86. The summed E-state index contributed by atoms with van der Waals surface area (Å²) in [6.07, 6.45) is -0.681. The van der Waals surface area contributed by atoms with Crippen LogP contribution in [0.15, 0.2) is 41.2 Å². The second-order valence-corrected chi connectivity index (χ2v) is 6.42. The number of nitrogens with zero attached hydrogens (tertiary/aromatic N) is 2. The summed E-state index contributed by atoms with van der Waals surface area (Å²) in [4.78, 5) is 29.8. The van der Waals surface area contributed by atoms with Gasteiger partial charge in [-0.2, -0.15) is 0 Å². The lowest BCUT2D eigenvalue weighted by molar-refractivity contribution is 0.168. The van der Waals surface area contributed by atoms with E-state index >= 15 is 0 Å². The molecule has 0 aliphatic heterocycles. The van der Waals surface area contributed by atoms with E-state index in [-0.39, 0.29) is 17.9 Å². The molecule has 0 fully saturated rings. The molecule has 0 bridgehead atoms. The van der Waals surface area contributed by atoms with Gasteiger partial charge >= 0.3 is 6.09 Å². The van der Waals surface area contributed by atoms with E-state index in [1.165, 1.54) is 4.57 Å². The monoisotopic (exact) mass is 385 g/mol. The van der Waals surface area contributed by atoms with Crippen molar-refractivity contribution >= 4 is 34.4 Å². The first-order valence-corrected chi connectivity index (χ1v) is 9.07. The van der Waals surface area contributed by atoms with Crippen LogP contribution in [-0.2, 0) is 11.3 Å². The molecule has 27 heavy (non-hydrogen) atoms. The number of anilines is 1. The second-order valence-electron chi connectivity index (χ2n) is 5.98. The molecule has 1 aromatic carbocycles. The number of ether oxygens (including phenoxy) is 1. The van der Waals surface area contributed by atoms with Gasteiger partial charge in [0.1, 0.15) is 11.3 Å². The molecule has 0 unspecified atom stereocenters. The van der Waals surface area contributed by atoms with Gasteiger partial charge in [-0.15, -0.1) is 0 Å². The summed E-state index contributed by atoms with van der Waals surface area (Å²) >= 11 is 6.17. The summed E-state index contributed by atoms with van der Waals surface area (Å²) in [5, 5.41) is 3.89. The first-order valence-electron chi connectivity index (χ1n) is 8.70. The van der Waals surface area contributed by atoms with Crippen molar-refractivity contribution in [2.45, 2.75) is 27.3 Å². The summed E-state index contributed by atoms with van der Waals surface area (Å²) in [6.45, 7) is 6.05. The van der Waals surface area contributed by atoms with Crippen LogP contribution in [0.3, 0.4) is 0 Å². The van der Waals surface area contributed by atoms with Gasteiger partial charge in [0.25, 0.3) is 5.56 Å². The van der Waals surface area contributed by atoms with Gasteiger partial charge in [-0.1, -0.05) is 23.7 Å². The Labute approximate surface area is 161 Å². The van der Waals surface area contributed by atoms with Crippen LogP contribution >= 0.6 is 11.6 Å². The molecule has 3 rings (SSSR count). The van der Waals surface area contributed by atoms with E-state index in [1.807, 2.05) is 32.0 Å². The van der Waals surface area contributed by atoms with Crippen molar-refractivity contribution in [1.82, 2.24) is 9.55 Å². The van der Waals surface area contributed by atoms with Crippen molar-refractivity contribution in [2.24, 2.45) is 0 Å². The maximum absolute atomic E-state index is 13.2. The molecule has 0 atom stereocenters. The van der Waals surface area contributed by atoms with E-state index in [0.29, 0.717) is 28.3 Å². The minimum absolute atomic E-state index is 0.149. The number of carbonyl (C=O) groups excluding carboxylic acids is 1. The fourth-order valence-corrected chi connectivity index (χ4v) is 3.23. The van der Waals surface area contributed by atoms with Crippen LogP contribution in [-0.4, -0.2) is 22.3 Å². The largest absolute Gasteiger partial charge is 0.450 e. The third kappa shape index (κ3) is 3.66. The number of aromatic nitrogens is 2. The fourth-order valence-electron chi connectivity index (χ4n) is 3.04. The molecule has 1 N–H and O–H groups in total. The number of rotatable bonds is 4. The van der Waals surface area contributed by atoms with Crippen LogP contribution in [0, 0.1) is 6.92 Å². The quantitative estimate of drug-likeness (QED) is 0.711. The number of benzene rings is 1. The van der Waals surface area contributed by atoms with E-state index in [2.05, 4.69) is 10.3 Å². The lowest BCUT2D eigenvalue weighted by atomic mass is 10.00. The molecule has 0 saturated carbocycles. The Morgan fingerprint density at radius 1 is 1.26 bits per heavy atom. The van der Waals surface area contributed by atoms with Crippen LogP contribution in [0.1, 0.15) is 19.5 Å². The molecule has 140 valence electrons. The van der Waals surface area contributed by atoms with Crippen molar-refractivity contribution in [3.63, 3.8) is 0 Å². The van der Waals surface area contributed by atoms with E-state index in [9.17, 15) is 9.59 Å². The minimum Gasteiger partial charge on any atom is -0.450 e. The molecule has 0 aliphatic rings. The molecule has 1 amide bonds. The summed E-state index contributed by atoms with van der Waals surface area (Å²) in [7, 11) is 0. The Kier molecular flexibility index (Phi) is 5.46. The number of pyridine rings is 2. The molecule has 2 aromatic heterocycles. The van der Waals surface area contributed by atoms with Crippen LogP contribution in [0.4, 0.5) is 10.5 Å². The number of aryl methyl sites for hydroxylation is 2. The molecular formula is C20H20ClN3O3. The van der Waals surface area contributed by atoms with Crippen molar-refractivity contribution in [3.8, 4) is 11.1 Å². The molecule has 2 heterocycles. The van der Waals surface area contributed by atoms with Gasteiger partial charge in [0.05, 0.1) is 6.61 Å². The average Bonchev–Trinajstić information content (AvgIpc) is 2.63. The van der Waals surface area contributed by atoms with Gasteiger partial charge in [-0.25, -0.2) is 9.78 Å². The van der Waals surface area contributed by atoms with E-state index < -0.39 is 6.09 Å². The van der Waals surface area contributed by atoms with Gasteiger partial charge in [-0.3, -0.25) is 14.7 Å². The van der Waals surface area contributed by atoms with Crippen molar-refractivity contribution in [1.29, 1.82) is 0 Å². The number of amides is 1. The highest BCUT2D eigenvalue weighted by Gasteiger charge is 2.21. The maximum atomic E-state index is 13.2. The van der Waals surface area contributed by atoms with Gasteiger partial charge in [-0.05, 0) is 50.6 Å². The molecule has 6 nitrogen and oxygen atoms in total. The molecule has 0 spiro atoms. The molecule has 7 heteroatoms. The Bertz CT molecular complexity index is 1080. The smallest absolute Gasteiger partial charge is 0.411 e. The maximum Gasteiger partial charge on any atom is 0.411 e. The predicted octanol–water partition coefficient (Wildman–Crippen LogP) is 4.61. The SMILES string of the molecule is CCOC(=O)Nc1c(-c2cccc(Cl)c2)c2ccc(C)nc2n(CC)c1=O. The molecule has 0 saturated heterocycles. The summed E-state index contributed by atoms with van der Waals surface area (Å²) in [6, 6.07) is 10.9. The summed E-state index contributed by atoms with van der Waals surface area (Å²) in [5.41, 5.74) is 2.45. The first-order chi connectivity index (χ1) is 13.0. The summed E-state index contributed by atoms with van der Waals surface area (Å²) in [5.74, 6) is 0. The zero-order valence-electron chi connectivity index (χ0n) is 15.4. The molecule has 0 aliphatic carbocycles. The highest BCUT2D eigenvalue weighted by molar-refractivity contribution is 6.31. The van der Waals surface area contributed by atoms with Crippen LogP contribution < -0.4 is 10.9 Å². The predicted molar refractivity (Wildman–Crippen MR) is 108 cm³/mol. The van der Waals surface area contributed by atoms with Gasteiger partial charge in [0.15, 0.2) is 0 Å². The number of hydrogen-bond acceptors (Lipinski definition) is 4. The number of carbonyl (C=O) groups is 1. The number of hydrogen-bond donors (Lipinski definition) is 1. The van der Waals surface area contributed by atoms with Crippen LogP contribution in [0.5, 0.6) is 0 Å². The van der Waals surface area contributed by atoms with Crippen LogP contribution in [0.2, 0.25) is 5.02 Å². The first kappa shape index (κ1) is 18.9. The van der Waals surface area contributed by atoms with E-state index in [1.54, 1.807) is 25.1 Å². The van der Waals surface area contributed by atoms with E-state index in [4.69, 9.17) is 16.3 Å². The van der Waals surface area contributed by atoms with Crippen molar-refractivity contribution in [2.75, 3.05) is 11.9 Å². The molecule has 0 radical (unpaired) electrons. The average molecular weight is 386 g/mol. The number of fused-ring (bicyclic) bond motifs is 1. The Morgan fingerprint density at radius 3 is 2.70 bits per heavy atom. The fraction of sp³-hybridized carbons (Fsp3) is 0.250. The lowest BCUT2D eigenvalue weighted by Gasteiger charge is -2.17. The van der Waals surface area contributed by atoms with Gasteiger partial charge < -0.3 is 4.74 Å². The highest BCUT2D eigenvalue weighted by atomic mass is 35.5. The summed E-state index contributed by atoms with van der Waals surface area (Å²) < 4.78 is 6.52. The topological polar surface area (TPSA) is 73.2 Å². The van der Waals surface area contributed by atoms with Gasteiger partial charge in [0, 0.05) is 28.2 Å². The third-order valence-electron chi connectivity index (χ3n) is 4.18. The highest BCUT2D eigenvalue weighted by Crippen LogP contribution is 2.34. The normalized spacial score (nSPS) is 10.8. The van der Waals surface area contributed by atoms with Crippen molar-refractivity contribution < 1.29 is 9.53 Å². The Balaban J connectivity index is 2.41. The standard InChI is InChI=1S/C20H20ClN3O3/c1-4-24-18-15(10-9-12(3)22-18)16(13-7-6-8-14(21)11-13)17(19(24)25)23-20(26)27-5-2/h6-11H,4-5H2,1-3H3,(H,23,26). The lowest BCUT2D eigenvalue weighted by Crippen LogP contribution is -2.28. The Morgan fingerprint density at radius 2 is 2.04 bits per heavy atom. The zero-order chi connectivity index (χ0) is 19.6. The van der Waals surface area contributed by atoms with Crippen molar-refractivity contribution in [3.05, 3.63) is 57.5 Å².